The minimum Gasteiger partial charge on any atom is -0.493 e. The van der Waals surface area contributed by atoms with Crippen LogP contribution in [0.2, 0.25) is 0 Å². The Morgan fingerprint density at radius 1 is 1.20 bits per heavy atom. The highest BCUT2D eigenvalue weighted by Crippen LogP contribution is 2.30. The van der Waals surface area contributed by atoms with Gasteiger partial charge in [0.1, 0.15) is 5.75 Å². The van der Waals surface area contributed by atoms with Gasteiger partial charge in [0.15, 0.2) is 0 Å². The summed E-state index contributed by atoms with van der Waals surface area (Å²) in [5.41, 5.74) is 3.81. The Morgan fingerprint density at radius 3 is 2.93 bits per heavy atom. The SMILES string of the molecule is Cn1ccc(-c2ccc3c(c2)OCC3)c1. The topological polar surface area (TPSA) is 14.2 Å². The van der Waals surface area contributed by atoms with Crippen molar-refractivity contribution in [1.29, 1.82) is 0 Å². The molecule has 3 rings (SSSR count). The van der Waals surface area contributed by atoms with Gasteiger partial charge in [-0.1, -0.05) is 12.1 Å². The van der Waals surface area contributed by atoms with Crippen LogP contribution < -0.4 is 4.74 Å². The number of aromatic nitrogens is 1. The van der Waals surface area contributed by atoms with Crippen LogP contribution in [-0.2, 0) is 13.5 Å². The van der Waals surface area contributed by atoms with Crippen LogP contribution in [-0.4, -0.2) is 11.2 Å². The molecule has 0 saturated heterocycles. The molecule has 0 atom stereocenters. The second kappa shape index (κ2) is 3.16. The van der Waals surface area contributed by atoms with Gasteiger partial charge in [0.25, 0.3) is 0 Å². The predicted molar refractivity (Wildman–Crippen MR) is 60.0 cm³/mol. The van der Waals surface area contributed by atoms with Crippen LogP contribution >= 0.6 is 0 Å². The van der Waals surface area contributed by atoms with E-state index in [9.17, 15) is 0 Å². The molecule has 2 aromatic rings. The maximum Gasteiger partial charge on any atom is 0.123 e. The molecular weight excluding hydrogens is 186 g/mol. The molecule has 0 spiro atoms. The lowest BCUT2D eigenvalue weighted by molar-refractivity contribution is 0.357. The molecule has 0 unspecified atom stereocenters. The summed E-state index contributed by atoms with van der Waals surface area (Å²) in [6.07, 6.45) is 5.23. The van der Waals surface area contributed by atoms with E-state index in [0.717, 1.165) is 18.8 Å². The van der Waals surface area contributed by atoms with Crippen LogP contribution in [0.15, 0.2) is 36.7 Å². The minimum atomic E-state index is 0.827. The maximum atomic E-state index is 5.56. The molecule has 15 heavy (non-hydrogen) atoms. The lowest BCUT2D eigenvalue weighted by Gasteiger charge is -2.02. The number of fused-ring (bicyclic) bond motifs is 1. The van der Waals surface area contributed by atoms with E-state index in [1.165, 1.54) is 16.7 Å². The molecule has 0 radical (unpaired) electrons. The van der Waals surface area contributed by atoms with Crippen molar-refractivity contribution in [2.75, 3.05) is 6.61 Å². The van der Waals surface area contributed by atoms with Gasteiger partial charge in [0.05, 0.1) is 6.61 Å². The Kier molecular flexibility index (Phi) is 1.81. The van der Waals surface area contributed by atoms with E-state index in [2.05, 4.69) is 41.2 Å². The highest BCUT2D eigenvalue weighted by atomic mass is 16.5. The average molecular weight is 199 g/mol. The summed E-state index contributed by atoms with van der Waals surface area (Å²) in [6.45, 7) is 0.827. The van der Waals surface area contributed by atoms with E-state index in [-0.39, 0.29) is 0 Å². The lowest BCUT2D eigenvalue weighted by Crippen LogP contribution is -1.86. The van der Waals surface area contributed by atoms with Gasteiger partial charge in [-0.25, -0.2) is 0 Å². The lowest BCUT2D eigenvalue weighted by atomic mass is 10.1. The number of benzene rings is 1. The molecule has 1 aliphatic heterocycles. The summed E-state index contributed by atoms with van der Waals surface area (Å²) in [5.74, 6) is 1.05. The number of hydrogen-bond donors (Lipinski definition) is 0. The van der Waals surface area contributed by atoms with E-state index in [1.54, 1.807) is 0 Å². The van der Waals surface area contributed by atoms with Crippen molar-refractivity contribution in [2.24, 2.45) is 7.05 Å². The number of nitrogens with zero attached hydrogens (tertiary/aromatic N) is 1. The molecule has 76 valence electrons. The van der Waals surface area contributed by atoms with Crippen LogP contribution in [0.25, 0.3) is 11.1 Å². The predicted octanol–water partition coefficient (Wildman–Crippen LogP) is 2.63. The van der Waals surface area contributed by atoms with Crippen molar-refractivity contribution in [1.82, 2.24) is 4.57 Å². The molecule has 0 bridgehead atoms. The first kappa shape index (κ1) is 8.60. The van der Waals surface area contributed by atoms with E-state index >= 15 is 0 Å². The maximum absolute atomic E-state index is 5.56. The zero-order valence-electron chi connectivity index (χ0n) is 8.73. The number of aryl methyl sites for hydroxylation is 1. The van der Waals surface area contributed by atoms with Gasteiger partial charge in [-0.15, -0.1) is 0 Å². The van der Waals surface area contributed by atoms with Gasteiger partial charge in [-0.05, 0) is 28.8 Å². The Bertz CT molecular complexity index is 499. The smallest absolute Gasteiger partial charge is 0.123 e. The van der Waals surface area contributed by atoms with E-state index in [0.29, 0.717) is 0 Å². The van der Waals surface area contributed by atoms with Crippen molar-refractivity contribution in [3.05, 3.63) is 42.2 Å². The third-order valence-corrected chi connectivity index (χ3v) is 2.86. The van der Waals surface area contributed by atoms with Crippen molar-refractivity contribution in [3.8, 4) is 16.9 Å². The molecular formula is C13H13NO. The van der Waals surface area contributed by atoms with Crippen molar-refractivity contribution in [3.63, 3.8) is 0 Å². The largest absolute Gasteiger partial charge is 0.493 e. The van der Waals surface area contributed by atoms with Crippen molar-refractivity contribution in [2.45, 2.75) is 6.42 Å². The summed E-state index contributed by atoms with van der Waals surface area (Å²) in [4.78, 5) is 0. The second-order valence-electron chi connectivity index (χ2n) is 3.99. The summed E-state index contributed by atoms with van der Waals surface area (Å²) >= 11 is 0. The van der Waals surface area contributed by atoms with E-state index in [1.807, 2.05) is 7.05 Å². The minimum absolute atomic E-state index is 0.827. The number of ether oxygens (including phenoxy) is 1. The summed E-state index contributed by atoms with van der Waals surface area (Å²) < 4.78 is 7.62. The monoisotopic (exact) mass is 199 g/mol. The van der Waals surface area contributed by atoms with Gasteiger partial charge in [-0.2, -0.15) is 0 Å². The molecule has 0 saturated carbocycles. The van der Waals surface area contributed by atoms with Gasteiger partial charge < -0.3 is 9.30 Å². The molecule has 1 aromatic carbocycles. The molecule has 1 aliphatic rings. The summed E-state index contributed by atoms with van der Waals surface area (Å²) in [7, 11) is 2.04. The van der Waals surface area contributed by atoms with Crippen LogP contribution in [0.3, 0.4) is 0 Å². The van der Waals surface area contributed by atoms with Gasteiger partial charge in [-0.3, -0.25) is 0 Å². The van der Waals surface area contributed by atoms with Gasteiger partial charge in [0, 0.05) is 25.9 Å². The second-order valence-corrected chi connectivity index (χ2v) is 3.99. The molecule has 2 nitrogen and oxygen atoms in total. The zero-order chi connectivity index (χ0) is 10.3. The number of rotatable bonds is 1. The highest BCUT2D eigenvalue weighted by molar-refractivity contribution is 5.66. The van der Waals surface area contributed by atoms with Crippen molar-refractivity contribution < 1.29 is 4.74 Å². The Hall–Kier alpha value is -1.70. The molecule has 0 N–H and O–H groups in total. The fourth-order valence-corrected chi connectivity index (χ4v) is 2.02. The summed E-state index contributed by atoms with van der Waals surface area (Å²) in [6, 6.07) is 8.60. The van der Waals surface area contributed by atoms with Crippen molar-refractivity contribution >= 4 is 0 Å². The van der Waals surface area contributed by atoms with Crippen LogP contribution in [0.4, 0.5) is 0 Å². The number of hydrogen-bond acceptors (Lipinski definition) is 1. The standard InChI is InChI=1S/C13H13NO/c1-14-6-4-12(9-14)11-3-2-10-5-7-15-13(10)8-11/h2-4,6,8-9H,5,7H2,1H3. The van der Waals surface area contributed by atoms with E-state index < -0.39 is 0 Å². The third kappa shape index (κ3) is 1.42. The Morgan fingerprint density at radius 2 is 2.13 bits per heavy atom. The molecule has 0 amide bonds. The molecule has 0 fully saturated rings. The average Bonchev–Trinajstić information content (AvgIpc) is 2.84. The molecule has 2 heterocycles. The first-order valence-electron chi connectivity index (χ1n) is 5.21. The molecule has 0 aliphatic carbocycles. The quantitative estimate of drug-likeness (QED) is 0.688. The first-order chi connectivity index (χ1) is 7.33. The van der Waals surface area contributed by atoms with Crippen LogP contribution in [0.5, 0.6) is 5.75 Å². The summed E-state index contributed by atoms with van der Waals surface area (Å²) in [5, 5.41) is 0. The van der Waals surface area contributed by atoms with Gasteiger partial charge >= 0.3 is 0 Å². The zero-order valence-corrected chi connectivity index (χ0v) is 8.73. The molecule has 1 aromatic heterocycles. The normalized spacial score (nSPS) is 13.7. The molecule has 2 heteroatoms. The van der Waals surface area contributed by atoms with Crippen LogP contribution in [0, 0.1) is 0 Å². The Balaban J connectivity index is 2.06. The fraction of sp³-hybridized carbons (Fsp3) is 0.231. The first-order valence-corrected chi connectivity index (χ1v) is 5.21. The fourth-order valence-electron chi connectivity index (χ4n) is 2.02. The Labute approximate surface area is 89.1 Å². The van der Waals surface area contributed by atoms with E-state index in [4.69, 9.17) is 4.74 Å². The highest BCUT2D eigenvalue weighted by Gasteiger charge is 2.12. The van der Waals surface area contributed by atoms with Crippen LogP contribution in [0.1, 0.15) is 5.56 Å². The van der Waals surface area contributed by atoms with Gasteiger partial charge in [0.2, 0.25) is 0 Å². The third-order valence-electron chi connectivity index (χ3n) is 2.86.